The second-order valence-corrected chi connectivity index (χ2v) is 5.79. The predicted octanol–water partition coefficient (Wildman–Crippen LogP) is 5.12. The topological polar surface area (TPSA) is 75.7 Å². The lowest BCUT2D eigenvalue weighted by Gasteiger charge is -2.02. The number of benzene rings is 2. The van der Waals surface area contributed by atoms with Gasteiger partial charge in [0, 0.05) is 32.4 Å². The molecule has 0 bridgehead atoms. The van der Waals surface area contributed by atoms with Crippen LogP contribution in [0.15, 0.2) is 39.8 Å². The molecule has 5 nitrogen and oxygen atoms in total. The summed E-state index contributed by atoms with van der Waals surface area (Å²) in [5.74, 6) is -0.458. The van der Waals surface area contributed by atoms with Crippen molar-refractivity contribution in [1.29, 1.82) is 0 Å². The van der Waals surface area contributed by atoms with Crippen LogP contribution in [0.25, 0.3) is 0 Å². The van der Waals surface area contributed by atoms with Crippen LogP contribution in [0, 0.1) is 10.1 Å². The third kappa shape index (κ3) is 3.93. The Morgan fingerprint density at radius 3 is 2.38 bits per heavy atom. The van der Waals surface area contributed by atoms with Crippen molar-refractivity contribution in [2.75, 3.05) is 0 Å². The summed E-state index contributed by atoms with van der Waals surface area (Å²) < 4.78 is 0.456. The summed E-state index contributed by atoms with van der Waals surface area (Å²) in [5, 5.41) is 21.5. The van der Waals surface area contributed by atoms with Crippen LogP contribution in [-0.2, 0) is 0 Å². The average molecular weight is 390 g/mol. The molecule has 0 aliphatic carbocycles. The maximum atomic E-state index is 10.8. The second-order valence-electron chi connectivity index (χ2n) is 4.01. The first-order chi connectivity index (χ1) is 9.86. The Morgan fingerprint density at radius 2 is 1.81 bits per heavy atom. The van der Waals surface area contributed by atoms with Crippen molar-refractivity contribution in [1.82, 2.24) is 0 Å². The molecular formula is C13H7BrCl2N2O3. The van der Waals surface area contributed by atoms with E-state index in [1.165, 1.54) is 18.3 Å². The molecule has 8 heteroatoms. The van der Waals surface area contributed by atoms with Crippen LogP contribution in [0.4, 0.5) is 11.4 Å². The Hall–Kier alpha value is -1.63. The highest BCUT2D eigenvalue weighted by Gasteiger charge is 2.17. The zero-order chi connectivity index (χ0) is 15.6. The van der Waals surface area contributed by atoms with Crippen molar-refractivity contribution < 1.29 is 10.0 Å². The molecule has 2 aromatic rings. The van der Waals surface area contributed by atoms with E-state index in [2.05, 4.69) is 20.9 Å². The van der Waals surface area contributed by atoms with E-state index >= 15 is 0 Å². The molecule has 0 unspecified atom stereocenters. The van der Waals surface area contributed by atoms with E-state index in [4.69, 9.17) is 23.2 Å². The molecule has 0 amide bonds. The van der Waals surface area contributed by atoms with Crippen LogP contribution in [0.5, 0.6) is 5.75 Å². The number of aromatic hydroxyl groups is 1. The Kier molecular flexibility index (Phi) is 4.82. The molecule has 2 aromatic carbocycles. The number of nitro groups is 1. The highest BCUT2D eigenvalue weighted by atomic mass is 79.9. The quantitative estimate of drug-likeness (QED) is 0.449. The van der Waals surface area contributed by atoms with Crippen molar-refractivity contribution in [3.8, 4) is 5.75 Å². The highest BCUT2D eigenvalue weighted by molar-refractivity contribution is 9.10. The first-order valence-corrected chi connectivity index (χ1v) is 7.09. The summed E-state index contributed by atoms with van der Waals surface area (Å²) >= 11 is 14.8. The van der Waals surface area contributed by atoms with Crippen LogP contribution >= 0.6 is 39.1 Å². The summed E-state index contributed by atoms with van der Waals surface area (Å²) in [4.78, 5) is 14.3. The largest absolute Gasteiger partial charge is 0.502 e. The highest BCUT2D eigenvalue weighted by Crippen LogP contribution is 2.33. The van der Waals surface area contributed by atoms with Crippen LogP contribution < -0.4 is 0 Å². The van der Waals surface area contributed by atoms with Gasteiger partial charge in [-0.15, -0.1) is 0 Å². The molecule has 1 N–H and O–H groups in total. The Morgan fingerprint density at radius 1 is 1.19 bits per heavy atom. The Labute approximate surface area is 138 Å². The van der Waals surface area contributed by atoms with Crippen LogP contribution in [0.2, 0.25) is 10.0 Å². The minimum Gasteiger partial charge on any atom is -0.502 e. The van der Waals surface area contributed by atoms with Gasteiger partial charge in [0.1, 0.15) is 0 Å². The second kappa shape index (κ2) is 6.43. The van der Waals surface area contributed by atoms with Gasteiger partial charge in [0.05, 0.1) is 10.6 Å². The molecule has 0 atom stereocenters. The number of halogens is 3. The maximum absolute atomic E-state index is 10.8. The van der Waals surface area contributed by atoms with Crippen molar-refractivity contribution in [2.45, 2.75) is 0 Å². The lowest BCUT2D eigenvalue weighted by molar-refractivity contribution is -0.385. The molecule has 0 saturated carbocycles. The molecule has 0 fully saturated rings. The van der Waals surface area contributed by atoms with Gasteiger partial charge in [0.25, 0.3) is 0 Å². The van der Waals surface area contributed by atoms with Gasteiger partial charge < -0.3 is 5.11 Å². The molecule has 0 aromatic heterocycles. The number of phenols is 1. The van der Waals surface area contributed by atoms with Gasteiger partial charge in [-0.05, 0) is 24.3 Å². The summed E-state index contributed by atoms with van der Waals surface area (Å²) in [6.07, 6.45) is 1.30. The number of hydrogen-bond acceptors (Lipinski definition) is 4. The molecule has 0 saturated heterocycles. The van der Waals surface area contributed by atoms with Crippen LogP contribution in [0.3, 0.4) is 0 Å². The third-order valence-electron chi connectivity index (χ3n) is 2.48. The summed E-state index contributed by atoms with van der Waals surface area (Å²) in [7, 11) is 0. The Balaban J connectivity index is 2.43. The van der Waals surface area contributed by atoms with Gasteiger partial charge in [0.15, 0.2) is 0 Å². The van der Waals surface area contributed by atoms with E-state index in [9.17, 15) is 15.2 Å². The summed E-state index contributed by atoms with van der Waals surface area (Å²) in [6, 6.07) is 7.44. The van der Waals surface area contributed by atoms with Gasteiger partial charge in [-0.25, -0.2) is 0 Å². The average Bonchev–Trinajstić information content (AvgIpc) is 2.38. The SMILES string of the molecule is O=[N+]([O-])c1cc(Br)cc(/C=N/c2cc(Cl)cc(Cl)c2)c1O. The number of aliphatic imine (C=N–C) groups is 1. The van der Waals surface area contributed by atoms with Crippen LogP contribution in [-0.4, -0.2) is 16.2 Å². The van der Waals surface area contributed by atoms with E-state index in [1.807, 2.05) is 0 Å². The summed E-state index contributed by atoms with van der Waals surface area (Å²) in [6.45, 7) is 0. The number of nitrogens with zero attached hydrogens (tertiary/aromatic N) is 2. The maximum Gasteiger partial charge on any atom is 0.312 e. The van der Waals surface area contributed by atoms with E-state index < -0.39 is 16.4 Å². The van der Waals surface area contributed by atoms with Gasteiger partial charge in [-0.2, -0.15) is 0 Å². The number of hydrogen-bond donors (Lipinski definition) is 1. The van der Waals surface area contributed by atoms with E-state index in [0.29, 0.717) is 20.2 Å². The minimum atomic E-state index is -0.673. The zero-order valence-electron chi connectivity index (χ0n) is 10.3. The molecule has 108 valence electrons. The lowest BCUT2D eigenvalue weighted by atomic mass is 10.2. The summed E-state index contributed by atoms with van der Waals surface area (Å²) in [5.41, 5.74) is 0.261. The zero-order valence-corrected chi connectivity index (χ0v) is 13.4. The molecule has 0 radical (unpaired) electrons. The molecule has 21 heavy (non-hydrogen) atoms. The molecule has 0 aliphatic rings. The van der Waals surface area contributed by atoms with Crippen molar-refractivity contribution >= 4 is 56.7 Å². The minimum absolute atomic E-state index is 0.201. The van der Waals surface area contributed by atoms with Crippen molar-refractivity contribution in [2.24, 2.45) is 4.99 Å². The van der Waals surface area contributed by atoms with E-state index in [1.54, 1.807) is 18.2 Å². The fourth-order valence-electron chi connectivity index (χ4n) is 1.60. The van der Waals surface area contributed by atoms with E-state index in [-0.39, 0.29) is 5.56 Å². The third-order valence-corrected chi connectivity index (χ3v) is 3.38. The predicted molar refractivity (Wildman–Crippen MR) is 86.2 cm³/mol. The number of phenolic OH excluding ortho intramolecular Hbond substituents is 1. The first-order valence-electron chi connectivity index (χ1n) is 5.54. The molecule has 0 aliphatic heterocycles. The molecule has 0 spiro atoms. The fraction of sp³-hybridized carbons (Fsp3) is 0. The lowest BCUT2D eigenvalue weighted by Crippen LogP contribution is -1.92. The molecular weight excluding hydrogens is 383 g/mol. The van der Waals surface area contributed by atoms with Gasteiger partial charge in [-0.3, -0.25) is 15.1 Å². The monoisotopic (exact) mass is 388 g/mol. The molecule has 2 rings (SSSR count). The Bertz CT molecular complexity index is 730. The normalized spacial score (nSPS) is 11.0. The van der Waals surface area contributed by atoms with Gasteiger partial charge in [0.2, 0.25) is 5.75 Å². The van der Waals surface area contributed by atoms with Crippen molar-refractivity contribution in [3.05, 3.63) is 60.5 Å². The van der Waals surface area contributed by atoms with Gasteiger partial charge in [-0.1, -0.05) is 39.1 Å². The van der Waals surface area contributed by atoms with Crippen LogP contribution in [0.1, 0.15) is 5.56 Å². The van der Waals surface area contributed by atoms with E-state index in [0.717, 1.165) is 0 Å². The van der Waals surface area contributed by atoms with Crippen molar-refractivity contribution in [3.63, 3.8) is 0 Å². The molecule has 0 heterocycles. The smallest absolute Gasteiger partial charge is 0.312 e. The fourth-order valence-corrected chi connectivity index (χ4v) is 2.58. The number of nitro benzene ring substituents is 1. The van der Waals surface area contributed by atoms with Gasteiger partial charge >= 0.3 is 5.69 Å². The standard InChI is InChI=1S/C13H7BrCl2N2O3/c14-8-1-7(13(19)12(2-8)18(20)21)6-17-11-4-9(15)3-10(16)5-11/h1-6,19H/b17-6+. The first kappa shape index (κ1) is 15.8. The number of rotatable bonds is 3.